The van der Waals surface area contributed by atoms with Crippen LogP contribution in [-0.4, -0.2) is 41.7 Å². The monoisotopic (exact) mass is 269 g/mol. The van der Waals surface area contributed by atoms with Crippen LogP contribution in [0.25, 0.3) is 0 Å². The van der Waals surface area contributed by atoms with Gasteiger partial charge in [0.25, 0.3) is 5.91 Å². The quantitative estimate of drug-likeness (QED) is 0.774. The fraction of sp³-hybridized carbons (Fsp3) is 0.500. The second-order valence-corrected chi connectivity index (χ2v) is 5.32. The van der Waals surface area contributed by atoms with Crippen LogP contribution < -0.4 is 4.74 Å². The molecule has 2 rings (SSSR count). The SMILES string of the molecule is [B][C@H]1CCCN1C(=O)C(C)(C)Oc1ccc(C#N)cn1. The molecule has 1 saturated heterocycles. The zero-order valence-electron chi connectivity index (χ0n) is 11.7. The van der Waals surface area contributed by atoms with Gasteiger partial charge in [0.1, 0.15) is 6.07 Å². The highest BCUT2D eigenvalue weighted by Gasteiger charge is 2.38. The summed E-state index contributed by atoms with van der Waals surface area (Å²) in [6, 6.07) is 5.16. The molecule has 5 nitrogen and oxygen atoms in total. The number of aromatic nitrogens is 1. The molecule has 0 saturated carbocycles. The highest BCUT2D eigenvalue weighted by atomic mass is 16.5. The summed E-state index contributed by atoms with van der Waals surface area (Å²) in [6.45, 7) is 4.05. The molecule has 1 fully saturated rings. The van der Waals surface area contributed by atoms with Crippen molar-refractivity contribution in [2.45, 2.75) is 38.2 Å². The molecule has 0 bridgehead atoms. The summed E-state index contributed by atoms with van der Waals surface area (Å²) in [4.78, 5) is 18.1. The van der Waals surface area contributed by atoms with E-state index in [2.05, 4.69) is 4.98 Å². The third kappa shape index (κ3) is 2.93. The number of rotatable bonds is 3. The van der Waals surface area contributed by atoms with Crippen molar-refractivity contribution >= 4 is 13.8 Å². The van der Waals surface area contributed by atoms with E-state index in [-0.39, 0.29) is 11.8 Å². The maximum Gasteiger partial charge on any atom is 0.265 e. The Morgan fingerprint density at radius 1 is 1.60 bits per heavy atom. The predicted octanol–water partition coefficient (Wildman–Crippen LogP) is 1.23. The summed E-state index contributed by atoms with van der Waals surface area (Å²) in [5.41, 5.74) is -0.591. The van der Waals surface area contributed by atoms with Crippen molar-refractivity contribution in [2.24, 2.45) is 0 Å². The van der Waals surface area contributed by atoms with E-state index < -0.39 is 5.60 Å². The summed E-state index contributed by atoms with van der Waals surface area (Å²) in [7, 11) is 5.91. The van der Waals surface area contributed by atoms with Gasteiger partial charge >= 0.3 is 0 Å². The normalized spacial score (nSPS) is 18.6. The van der Waals surface area contributed by atoms with Crippen LogP contribution in [0.4, 0.5) is 0 Å². The van der Waals surface area contributed by atoms with Crippen molar-refractivity contribution in [3.8, 4) is 11.9 Å². The standard InChI is InChI=1S/C14H16BN3O2/c1-14(2,13(19)18-7-3-4-11(18)15)20-12-6-5-10(8-16)9-17-12/h5-6,9,11H,3-4,7H2,1-2H3/t11-/m1/s1. The average molecular weight is 269 g/mol. The van der Waals surface area contributed by atoms with E-state index in [4.69, 9.17) is 17.8 Å². The lowest BCUT2D eigenvalue weighted by atomic mass is 9.93. The zero-order chi connectivity index (χ0) is 14.8. The minimum absolute atomic E-state index is 0.145. The van der Waals surface area contributed by atoms with Crippen molar-refractivity contribution in [2.75, 3.05) is 6.54 Å². The molecule has 0 spiro atoms. The van der Waals surface area contributed by atoms with Crippen LogP contribution in [0, 0.1) is 11.3 Å². The fourth-order valence-corrected chi connectivity index (χ4v) is 2.20. The minimum atomic E-state index is -1.04. The molecule has 6 heteroatoms. The van der Waals surface area contributed by atoms with Crippen molar-refractivity contribution in [1.82, 2.24) is 9.88 Å². The Hall–Kier alpha value is -2.03. The van der Waals surface area contributed by atoms with Gasteiger partial charge < -0.3 is 9.64 Å². The fourth-order valence-electron chi connectivity index (χ4n) is 2.20. The van der Waals surface area contributed by atoms with Gasteiger partial charge in [-0.2, -0.15) is 5.26 Å². The molecule has 1 aliphatic heterocycles. The Balaban J connectivity index is 2.09. The first kappa shape index (κ1) is 14.4. The maximum atomic E-state index is 12.4. The number of hydrogen-bond donors (Lipinski definition) is 0. The first-order valence-electron chi connectivity index (χ1n) is 6.56. The van der Waals surface area contributed by atoms with Crippen LogP contribution in [0.2, 0.25) is 0 Å². The van der Waals surface area contributed by atoms with Crippen LogP contribution in [0.3, 0.4) is 0 Å². The Morgan fingerprint density at radius 2 is 2.35 bits per heavy atom. The van der Waals surface area contributed by atoms with Crippen molar-refractivity contribution in [1.29, 1.82) is 5.26 Å². The average Bonchev–Trinajstić information content (AvgIpc) is 2.84. The van der Waals surface area contributed by atoms with Crippen molar-refractivity contribution in [3.05, 3.63) is 23.9 Å². The molecule has 2 radical (unpaired) electrons. The third-order valence-electron chi connectivity index (χ3n) is 3.30. The van der Waals surface area contributed by atoms with Gasteiger partial charge in [-0.05, 0) is 38.7 Å². The Morgan fingerprint density at radius 3 is 2.85 bits per heavy atom. The lowest BCUT2D eigenvalue weighted by Crippen LogP contribution is -2.50. The molecule has 102 valence electrons. The van der Waals surface area contributed by atoms with Crippen LogP contribution in [0.1, 0.15) is 32.3 Å². The van der Waals surface area contributed by atoms with Gasteiger partial charge in [0.2, 0.25) is 5.88 Å². The van der Waals surface area contributed by atoms with E-state index in [0.29, 0.717) is 18.0 Å². The molecule has 0 aliphatic carbocycles. The highest BCUT2D eigenvalue weighted by Crippen LogP contribution is 2.23. The molecular weight excluding hydrogens is 253 g/mol. The first-order chi connectivity index (χ1) is 9.44. The van der Waals surface area contributed by atoms with Gasteiger partial charge in [-0.15, -0.1) is 0 Å². The molecule has 1 aromatic rings. The topological polar surface area (TPSA) is 66.2 Å². The van der Waals surface area contributed by atoms with Gasteiger partial charge in [-0.25, -0.2) is 4.98 Å². The van der Waals surface area contributed by atoms with Gasteiger partial charge in [0.15, 0.2) is 5.60 Å². The number of nitrogens with zero attached hydrogens (tertiary/aromatic N) is 3. The highest BCUT2D eigenvalue weighted by molar-refractivity contribution is 6.13. The second kappa shape index (κ2) is 5.54. The van der Waals surface area contributed by atoms with E-state index >= 15 is 0 Å². The summed E-state index contributed by atoms with van der Waals surface area (Å²) in [5.74, 6) is -0.0666. The van der Waals surface area contributed by atoms with Crippen LogP contribution in [0.5, 0.6) is 5.88 Å². The van der Waals surface area contributed by atoms with Crippen LogP contribution in [-0.2, 0) is 4.79 Å². The van der Waals surface area contributed by atoms with E-state index in [1.807, 2.05) is 6.07 Å². The van der Waals surface area contributed by atoms with Crippen molar-refractivity contribution < 1.29 is 9.53 Å². The summed E-state index contributed by atoms with van der Waals surface area (Å²) in [5, 5.41) is 8.72. The Bertz CT molecular complexity index is 536. The Kier molecular flexibility index (Phi) is 3.98. The molecule has 0 N–H and O–H groups in total. The summed E-state index contributed by atoms with van der Waals surface area (Å²) >= 11 is 0. The maximum absolute atomic E-state index is 12.4. The lowest BCUT2D eigenvalue weighted by molar-refractivity contribution is -0.145. The number of amides is 1. The van der Waals surface area contributed by atoms with Crippen molar-refractivity contribution in [3.63, 3.8) is 0 Å². The number of hydrogen-bond acceptors (Lipinski definition) is 4. The smallest absolute Gasteiger partial charge is 0.265 e. The lowest BCUT2D eigenvalue weighted by Gasteiger charge is -2.32. The number of carbonyl (C=O) groups is 1. The molecule has 20 heavy (non-hydrogen) atoms. The molecule has 0 aromatic carbocycles. The van der Waals surface area contributed by atoms with E-state index in [1.165, 1.54) is 6.20 Å². The number of ether oxygens (including phenoxy) is 1. The minimum Gasteiger partial charge on any atom is -0.462 e. The molecular formula is C14H16BN3O2. The summed E-state index contributed by atoms with van der Waals surface area (Å²) in [6.07, 6.45) is 3.15. The van der Waals surface area contributed by atoms with Crippen LogP contribution >= 0.6 is 0 Å². The first-order valence-corrected chi connectivity index (χ1v) is 6.56. The Labute approximate surface area is 120 Å². The van der Waals surface area contributed by atoms with E-state index in [9.17, 15) is 4.79 Å². The molecule has 1 atom stereocenters. The summed E-state index contributed by atoms with van der Waals surface area (Å²) < 4.78 is 5.66. The van der Waals surface area contributed by atoms with Gasteiger partial charge in [-0.3, -0.25) is 4.79 Å². The van der Waals surface area contributed by atoms with E-state index in [1.54, 1.807) is 30.9 Å². The van der Waals surface area contributed by atoms with Gasteiger partial charge in [-0.1, -0.05) is 0 Å². The second-order valence-electron chi connectivity index (χ2n) is 5.32. The van der Waals surface area contributed by atoms with Gasteiger partial charge in [0, 0.05) is 18.8 Å². The number of nitriles is 1. The third-order valence-corrected chi connectivity index (χ3v) is 3.30. The zero-order valence-corrected chi connectivity index (χ0v) is 11.7. The van der Waals surface area contributed by atoms with Crippen LogP contribution in [0.15, 0.2) is 18.3 Å². The molecule has 1 aromatic heterocycles. The molecule has 1 aliphatic rings. The molecule has 0 unspecified atom stereocenters. The molecule has 2 heterocycles. The largest absolute Gasteiger partial charge is 0.462 e. The predicted molar refractivity (Wildman–Crippen MR) is 74.1 cm³/mol. The van der Waals surface area contributed by atoms with Gasteiger partial charge in [0.05, 0.1) is 13.4 Å². The molecule has 1 amide bonds. The number of likely N-dealkylation sites (tertiary alicyclic amines) is 1. The van der Waals surface area contributed by atoms with E-state index in [0.717, 1.165) is 12.8 Å². The number of pyridine rings is 1. The number of carbonyl (C=O) groups excluding carboxylic acids is 1.